The fourth-order valence-electron chi connectivity index (χ4n) is 3.61. The minimum absolute atomic E-state index is 0.00601. The van der Waals surface area contributed by atoms with Crippen LogP contribution in [0.4, 0.5) is 5.69 Å². The normalized spacial score (nSPS) is 26.3. The van der Waals surface area contributed by atoms with Crippen LogP contribution in [0.3, 0.4) is 0 Å². The van der Waals surface area contributed by atoms with Gasteiger partial charge >= 0.3 is 0 Å². The van der Waals surface area contributed by atoms with E-state index in [9.17, 15) is 18.0 Å². The van der Waals surface area contributed by atoms with Crippen molar-refractivity contribution >= 4 is 27.3 Å². The van der Waals surface area contributed by atoms with Gasteiger partial charge < -0.3 is 10.6 Å². The lowest BCUT2D eigenvalue weighted by Gasteiger charge is -2.14. The van der Waals surface area contributed by atoms with Crippen LogP contribution in [-0.4, -0.2) is 37.8 Å². The topological polar surface area (TPSA) is 92.3 Å². The number of carbonyl (C=O) groups is 2. The van der Waals surface area contributed by atoms with E-state index in [1.165, 1.54) is 0 Å². The molecule has 7 heteroatoms. The molecule has 1 saturated carbocycles. The molecule has 0 spiro atoms. The molecular formula is C19H26N2O4S. The van der Waals surface area contributed by atoms with Crippen molar-refractivity contribution in [3.05, 3.63) is 29.3 Å². The first-order valence-corrected chi connectivity index (χ1v) is 11.1. The lowest BCUT2D eigenvalue weighted by molar-refractivity contribution is -0.125. The number of amides is 2. The van der Waals surface area contributed by atoms with Crippen LogP contribution >= 0.6 is 0 Å². The van der Waals surface area contributed by atoms with Crippen molar-refractivity contribution in [3.8, 4) is 0 Å². The molecule has 0 radical (unpaired) electrons. The van der Waals surface area contributed by atoms with Crippen molar-refractivity contribution in [1.29, 1.82) is 0 Å². The molecule has 1 aliphatic heterocycles. The molecule has 0 bridgehead atoms. The summed E-state index contributed by atoms with van der Waals surface area (Å²) in [7, 11) is -3.03. The highest BCUT2D eigenvalue weighted by atomic mass is 32.2. The van der Waals surface area contributed by atoms with E-state index in [0.29, 0.717) is 12.8 Å². The molecular weight excluding hydrogens is 352 g/mol. The molecule has 3 unspecified atom stereocenters. The van der Waals surface area contributed by atoms with Crippen molar-refractivity contribution < 1.29 is 18.0 Å². The first kappa shape index (κ1) is 18.9. The number of nitrogens with one attached hydrogen (secondary N) is 2. The molecule has 1 aromatic carbocycles. The van der Waals surface area contributed by atoms with Gasteiger partial charge in [0.1, 0.15) is 0 Å². The molecule has 1 heterocycles. The van der Waals surface area contributed by atoms with Gasteiger partial charge in [0.2, 0.25) is 11.8 Å². The minimum Gasteiger partial charge on any atom is -0.352 e. The molecule has 2 fully saturated rings. The zero-order chi connectivity index (χ0) is 18.9. The quantitative estimate of drug-likeness (QED) is 0.788. The smallest absolute Gasteiger partial charge is 0.228 e. The average molecular weight is 378 g/mol. The molecule has 2 amide bonds. The molecule has 1 aromatic rings. The Balaban J connectivity index is 1.59. The lowest BCUT2D eigenvalue weighted by Crippen LogP contribution is -2.37. The minimum atomic E-state index is -3.03. The van der Waals surface area contributed by atoms with Gasteiger partial charge in [-0.1, -0.05) is 32.0 Å². The van der Waals surface area contributed by atoms with E-state index < -0.39 is 9.84 Å². The zero-order valence-electron chi connectivity index (χ0n) is 15.2. The van der Waals surface area contributed by atoms with E-state index in [1.54, 1.807) is 0 Å². The fraction of sp³-hybridized carbons (Fsp3) is 0.579. The van der Waals surface area contributed by atoms with Crippen LogP contribution < -0.4 is 10.6 Å². The predicted octanol–water partition coefficient (Wildman–Crippen LogP) is 1.69. The molecule has 0 aromatic heterocycles. The van der Waals surface area contributed by atoms with Gasteiger partial charge in [0.05, 0.1) is 23.3 Å². The maximum Gasteiger partial charge on any atom is 0.228 e. The first-order chi connectivity index (χ1) is 12.3. The zero-order valence-corrected chi connectivity index (χ0v) is 16.1. The Kier molecular flexibility index (Phi) is 5.37. The summed E-state index contributed by atoms with van der Waals surface area (Å²) in [6, 6.07) is 5.69. The maximum atomic E-state index is 12.6. The van der Waals surface area contributed by atoms with Gasteiger partial charge in [-0.25, -0.2) is 8.42 Å². The Bertz CT molecular complexity index is 797. The van der Waals surface area contributed by atoms with Crippen LogP contribution in [0.15, 0.2) is 18.2 Å². The van der Waals surface area contributed by atoms with Crippen LogP contribution in [0.25, 0.3) is 0 Å². The van der Waals surface area contributed by atoms with E-state index in [1.807, 2.05) is 32.0 Å². The number of hydrogen-bond donors (Lipinski definition) is 2. The lowest BCUT2D eigenvalue weighted by atomic mass is 10.0. The van der Waals surface area contributed by atoms with Gasteiger partial charge in [-0.15, -0.1) is 0 Å². The summed E-state index contributed by atoms with van der Waals surface area (Å²) in [5, 5.41) is 5.81. The molecule has 1 saturated heterocycles. The number of aryl methyl sites for hydroxylation is 2. The van der Waals surface area contributed by atoms with Gasteiger partial charge in [0, 0.05) is 11.7 Å². The number of benzene rings is 1. The molecule has 6 nitrogen and oxygen atoms in total. The summed E-state index contributed by atoms with van der Waals surface area (Å²) >= 11 is 0. The average Bonchev–Trinajstić information content (AvgIpc) is 3.34. The summed E-state index contributed by atoms with van der Waals surface area (Å²) < 4.78 is 23.0. The van der Waals surface area contributed by atoms with E-state index in [-0.39, 0.29) is 41.2 Å². The Labute approximate surface area is 154 Å². The first-order valence-electron chi connectivity index (χ1n) is 9.27. The molecule has 3 rings (SSSR count). The molecule has 142 valence electrons. The van der Waals surface area contributed by atoms with Crippen LogP contribution in [-0.2, 0) is 32.3 Å². The fourth-order valence-corrected chi connectivity index (χ4v) is 5.28. The monoisotopic (exact) mass is 378 g/mol. The van der Waals surface area contributed by atoms with E-state index in [2.05, 4.69) is 10.6 Å². The van der Waals surface area contributed by atoms with Gasteiger partial charge in [0.15, 0.2) is 9.84 Å². The molecule has 1 aliphatic carbocycles. The third-order valence-electron chi connectivity index (χ3n) is 5.29. The largest absolute Gasteiger partial charge is 0.352 e. The second kappa shape index (κ2) is 7.39. The van der Waals surface area contributed by atoms with Crippen molar-refractivity contribution in [2.75, 3.05) is 16.8 Å². The third-order valence-corrected chi connectivity index (χ3v) is 7.06. The number of anilines is 1. The summed E-state index contributed by atoms with van der Waals surface area (Å²) in [4.78, 5) is 24.9. The SMILES string of the molecule is CCc1cccc(CC)c1NC(=O)C1CC1C(=O)NC1CCS(=O)(=O)C1. The summed E-state index contributed by atoms with van der Waals surface area (Å²) in [5.74, 6) is -0.877. The summed E-state index contributed by atoms with van der Waals surface area (Å²) in [6.07, 6.45) is 2.64. The molecule has 26 heavy (non-hydrogen) atoms. The number of sulfone groups is 1. The molecule has 2 N–H and O–H groups in total. The second-order valence-corrected chi connectivity index (χ2v) is 9.43. The Morgan fingerprint density at radius 3 is 2.23 bits per heavy atom. The van der Waals surface area contributed by atoms with Crippen molar-refractivity contribution in [3.63, 3.8) is 0 Å². The number of para-hydroxylation sites is 1. The Hall–Kier alpha value is -1.89. The van der Waals surface area contributed by atoms with E-state index >= 15 is 0 Å². The van der Waals surface area contributed by atoms with Crippen molar-refractivity contribution in [1.82, 2.24) is 5.32 Å². The van der Waals surface area contributed by atoms with Crippen LogP contribution in [0.1, 0.15) is 37.8 Å². The van der Waals surface area contributed by atoms with Gasteiger partial charge in [-0.3, -0.25) is 9.59 Å². The van der Waals surface area contributed by atoms with E-state index in [4.69, 9.17) is 0 Å². The highest BCUT2D eigenvalue weighted by Crippen LogP contribution is 2.40. The highest BCUT2D eigenvalue weighted by molar-refractivity contribution is 7.91. The van der Waals surface area contributed by atoms with Gasteiger partial charge in [0.25, 0.3) is 0 Å². The van der Waals surface area contributed by atoms with Crippen molar-refractivity contribution in [2.45, 2.75) is 45.6 Å². The summed E-state index contributed by atoms with van der Waals surface area (Å²) in [5.41, 5.74) is 3.06. The number of carbonyl (C=O) groups excluding carboxylic acids is 2. The van der Waals surface area contributed by atoms with Crippen molar-refractivity contribution in [2.24, 2.45) is 11.8 Å². The van der Waals surface area contributed by atoms with Crippen LogP contribution in [0.5, 0.6) is 0 Å². The Morgan fingerprint density at radius 2 is 1.69 bits per heavy atom. The Morgan fingerprint density at radius 1 is 1.08 bits per heavy atom. The van der Waals surface area contributed by atoms with Gasteiger partial charge in [-0.05, 0) is 36.8 Å². The summed E-state index contributed by atoms with van der Waals surface area (Å²) in [6.45, 7) is 4.10. The second-order valence-electron chi connectivity index (χ2n) is 7.20. The number of rotatable bonds is 6. The van der Waals surface area contributed by atoms with E-state index in [0.717, 1.165) is 29.7 Å². The number of hydrogen-bond acceptors (Lipinski definition) is 4. The molecule has 3 atom stereocenters. The van der Waals surface area contributed by atoms with Crippen LogP contribution in [0.2, 0.25) is 0 Å². The standard InChI is InChI=1S/C19H26N2O4S/c1-3-12-6-5-7-13(4-2)17(12)21-19(23)16-10-15(16)18(22)20-14-8-9-26(24,25)11-14/h5-7,14-16H,3-4,8-11H2,1-2H3,(H,20,22)(H,21,23). The van der Waals surface area contributed by atoms with Crippen LogP contribution in [0, 0.1) is 11.8 Å². The predicted molar refractivity (Wildman–Crippen MR) is 101 cm³/mol. The maximum absolute atomic E-state index is 12.6. The highest BCUT2D eigenvalue weighted by Gasteiger charge is 2.49. The van der Waals surface area contributed by atoms with Gasteiger partial charge in [-0.2, -0.15) is 0 Å². The third kappa shape index (κ3) is 4.09. The molecule has 2 aliphatic rings.